The van der Waals surface area contributed by atoms with Crippen LogP contribution in [0.4, 0.5) is 0 Å². The molecule has 3 aliphatic rings. The second kappa shape index (κ2) is 11.1. The Hall–Kier alpha value is -4.63. The maximum atomic E-state index is 13.6. The molecule has 3 aromatic carbocycles. The summed E-state index contributed by atoms with van der Waals surface area (Å²) < 4.78 is 0. The van der Waals surface area contributed by atoms with E-state index in [9.17, 15) is 24.0 Å². The fourth-order valence-electron chi connectivity index (χ4n) is 6.07. The first-order valence-corrected chi connectivity index (χ1v) is 13.9. The molecular formula is C32H30N4O5. The third kappa shape index (κ3) is 5.04. The predicted molar refractivity (Wildman–Crippen MR) is 150 cm³/mol. The number of carbonyl (C=O) groups is 5. The third-order valence-electron chi connectivity index (χ3n) is 8.10. The fraction of sp³-hybridized carbons (Fsp3) is 0.281. The monoisotopic (exact) mass is 550 g/mol. The summed E-state index contributed by atoms with van der Waals surface area (Å²) in [6, 6.07) is 24.2. The molecule has 0 saturated carbocycles. The topological polar surface area (TPSA) is 107 Å². The summed E-state index contributed by atoms with van der Waals surface area (Å²) in [7, 11) is 0. The number of piperidine rings is 1. The van der Waals surface area contributed by atoms with Crippen LogP contribution in [0.2, 0.25) is 0 Å². The van der Waals surface area contributed by atoms with E-state index < -0.39 is 29.7 Å². The van der Waals surface area contributed by atoms with Crippen molar-refractivity contribution in [3.05, 3.63) is 107 Å². The van der Waals surface area contributed by atoms with Crippen molar-refractivity contribution in [1.82, 2.24) is 20.0 Å². The van der Waals surface area contributed by atoms with Crippen LogP contribution in [0.1, 0.15) is 67.5 Å². The number of carbonyl (C=O) groups excluding carboxylic acids is 5. The molecule has 0 aromatic heterocycles. The van der Waals surface area contributed by atoms with E-state index in [-0.39, 0.29) is 35.9 Å². The largest absolute Gasteiger partial charge is 0.337 e. The fourth-order valence-corrected chi connectivity index (χ4v) is 6.07. The van der Waals surface area contributed by atoms with Gasteiger partial charge >= 0.3 is 0 Å². The van der Waals surface area contributed by atoms with Gasteiger partial charge in [0.1, 0.15) is 6.04 Å². The highest BCUT2D eigenvalue weighted by Crippen LogP contribution is 2.31. The van der Waals surface area contributed by atoms with E-state index in [4.69, 9.17) is 0 Å². The summed E-state index contributed by atoms with van der Waals surface area (Å²) in [5.41, 5.74) is 2.98. The second-order valence-electron chi connectivity index (χ2n) is 10.6. The van der Waals surface area contributed by atoms with Gasteiger partial charge in [-0.15, -0.1) is 0 Å². The molecule has 0 spiro atoms. The lowest BCUT2D eigenvalue weighted by Crippen LogP contribution is -2.54. The van der Waals surface area contributed by atoms with Crippen LogP contribution in [0, 0.1) is 0 Å². The highest BCUT2D eigenvalue weighted by Gasteiger charge is 2.45. The van der Waals surface area contributed by atoms with Gasteiger partial charge in [0, 0.05) is 38.2 Å². The summed E-state index contributed by atoms with van der Waals surface area (Å²) in [4.78, 5) is 68.9. The minimum atomic E-state index is -1.04. The van der Waals surface area contributed by atoms with Crippen LogP contribution < -0.4 is 5.32 Å². The molecule has 3 aromatic rings. The number of nitrogens with one attached hydrogen (secondary N) is 1. The first kappa shape index (κ1) is 26.6. The van der Waals surface area contributed by atoms with Gasteiger partial charge in [0.25, 0.3) is 17.7 Å². The Morgan fingerprint density at radius 3 is 2.07 bits per heavy atom. The summed E-state index contributed by atoms with van der Waals surface area (Å²) in [6.45, 7) is 2.57. The normalized spacial score (nSPS) is 19.8. The van der Waals surface area contributed by atoms with Crippen molar-refractivity contribution < 1.29 is 24.0 Å². The number of hydrogen-bond acceptors (Lipinski definition) is 6. The van der Waals surface area contributed by atoms with Crippen molar-refractivity contribution in [2.24, 2.45) is 0 Å². The highest BCUT2D eigenvalue weighted by molar-refractivity contribution is 6.24. The van der Waals surface area contributed by atoms with E-state index in [1.165, 1.54) is 23.3 Å². The third-order valence-corrected chi connectivity index (χ3v) is 8.10. The minimum Gasteiger partial charge on any atom is -0.337 e. The lowest BCUT2D eigenvalue weighted by Gasteiger charge is -2.31. The van der Waals surface area contributed by atoms with Crippen LogP contribution in [0.3, 0.4) is 0 Å². The summed E-state index contributed by atoms with van der Waals surface area (Å²) in [5, 5.41) is 2.20. The highest BCUT2D eigenvalue weighted by atomic mass is 16.2. The molecule has 0 bridgehead atoms. The Bertz CT molecular complexity index is 1480. The molecule has 5 amide bonds. The van der Waals surface area contributed by atoms with E-state index in [0.29, 0.717) is 25.2 Å². The van der Waals surface area contributed by atoms with Gasteiger partial charge in [0.15, 0.2) is 0 Å². The molecule has 0 aliphatic carbocycles. The Labute approximate surface area is 237 Å². The molecule has 3 aliphatic heterocycles. The molecule has 9 nitrogen and oxygen atoms in total. The van der Waals surface area contributed by atoms with Crippen LogP contribution >= 0.6 is 0 Å². The molecule has 2 saturated heterocycles. The molecule has 1 N–H and O–H groups in total. The summed E-state index contributed by atoms with van der Waals surface area (Å²) >= 11 is 0. The maximum Gasteiger partial charge on any atom is 0.262 e. The molecule has 6 rings (SSSR count). The Morgan fingerprint density at radius 1 is 0.756 bits per heavy atom. The number of rotatable bonds is 5. The Morgan fingerprint density at radius 2 is 1.41 bits per heavy atom. The quantitative estimate of drug-likeness (QED) is 0.490. The Balaban J connectivity index is 1.19. The van der Waals surface area contributed by atoms with Crippen LogP contribution in [0.15, 0.2) is 78.9 Å². The van der Waals surface area contributed by atoms with E-state index in [1.807, 2.05) is 36.4 Å². The SMILES string of the molecule is O=C1CCC(N2C(=O)c3ccc(C(=O)N4CCCN(C(c5ccccc5)c5ccccc5)CC4)cc3C2=O)C(=O)N1. The summed E-state index contributed by atoms with van der Waals surface area (Å²) in [5.74, 6) is -2.50. The van der Waals surface area contributed by atoms with Crippen molar-refractivity contribution >= 4 is 29.5 Å². The minimum absolute atomic E-state index is 0.0505. The molecule has 41 heavy (non-hydrogen) atoms. The van der Waals surface area contributed by atoms with E-state index in [2.05, 4.69) is 34.5 Å². The lowest BCUT2D eigenvalue weighted by atomic mass is 9.97. The van der Waals surface area contributed by atoms with E-state index in [0.717, 1.165) is 17.9 Å². The second-order valence-corrected chi connectivity index (χ2v) is 10.6. The zero-order valence-corrected chi connectivity index (χ0v) is 22.5. The number of fused-ring (bicyclic) bond motifs is 1. The zero-order valence-electron chi connectivity index (χ0n) is 22.5. The van der Waals surface area contributed by atoms with Gasteiger partial charge in [-0.2, -0.15) is 0 Å². The Kier molecular flexibility index (Phi) is 7.19. The van der Waals surface area contributed by atoms with Crippen LogP contribution in [0.5, 0.6) is 0 Å². The number of amides is 5. The zero-order chi connectivity index (χ0) is 28.5. The lowest BCUT2D eigenvalue weighted by molar-refractivity contribution is -0.136. The van der Waals surface area contributed by atoms with Crippen LogP contribution in [0.25, 0.3) is 0 Å². The van der Waals surface area contributed by atoms with Gasteiger partial charge in [0.05, 0.1) is 17.2 Å². The van der Waals surface area contributed by atoms with Crippen molar-refractivity contribution in [3.8, 4) is 0 Å². The molecule has 1 unspecified atom stereocenters. The molecular weight excluding hydrogens is 520 g/mol. The van der Waals surface area contributed by atoms with Gasteiger partial charge in [-0.05, 0) is 42.2 Å². The number of nitrogens with zero attached hydrogens (tertiary/aromatic N) is 3. The molecule has 0 radical (unpaired) electrons. The molecule has 1 atom stereocenters. The number of imide groups is 2. The van der Waals surface area contributed by atoms with Gasteiger partial charge < -0.3 is 4.90 Å². The smallest absolute Gasteiger partial charge is 0.262 e. The van der Waals surface area contributed by atoms with Crippen LogP contribution in [-0.2, 0) is 9.59 Å². The molecule has 208 valence electrons. The number of benzene rings is 3. The van der Waals surface area contributed by atoms with Gasteiger partial charge in [0.2, 0.25) is 11.8 Å². The van der Waals surface area contributed by atoms with Crippen molar-refractivity contribution in [1.29, 1.82) is 0 Å². The van der Waals surface area contributed by atoms with Gasteiger partial charge in [-0.25, -0.2) is 0 Å². The first-order chi connectivity index (χ1) is 19.9. The van der Waals surface area contributed by atoms with E-state index >= 15 is 0 Å². The van der Waals surface area contributed by atoms with Crippen molar-refractivity contribution in [2.45, 2.75) is 31.3 Å². The van der Waals surface area contributed by atoms with Crippen molar-refractivity contribution in [3.63, 3.8) is 0 Å². The van der Waals surface area contributed by atoms with Crippen LogP contribution in [-0.4, -0.2) is 76.5 Å². The molecule has 9 heteroatoms. The standard InChI is InChI=1S/C32H30N4O5/c37-27-15-14-26(29(38)33-27)36-31(40)24-13-12-23(20-25(24)32(36)41)30(39)35-17-7-16-34(18-19-35)28(21-8-3-1-4-9-21)22-10-5-2-6-11-22/h1-6,8-13,20,26,28H,7,14-19H2,(H,33,37,38). The van der Waals surface area contributed by atoms with E-state index in [1.54, 1.807) is 11.0 Å². The first-order valence-electron chi connectivity index (χ1n) is 13.9. The summed E-state index contributed by atoms with van der Waals surface area (Å²) in [6.07, 6.45) is 0.918. The van der Waals surface area contributed by atoms with Gasteiger partial charge in [-0.3, -0.25) is 39.1 Å². The average molecular weight is 551 g/mol. The number of hydrogen-bond donors (Lipinski definition) is 1. The van der Waals surface area contributed by atoms with Gasteiger partial charge in [-0.1, -0.05) is 60.7 Å². The average Bonchev–Trinajstić information content (AvgIpc) is 3.12. The van der Waals surface area contributed by atoms with Crippen molar-refractivity contribution in [2.75, 3.05) is 26.2 Å². The molecule has 2 fully saturated rings. The molecule has 3 heterocycles. The predicted octanol–water partition coefficient (Wildman–Crippen LogP) is 3.03. The maximum absolute atomic E-state index is 13.6.